The summed E-state index contributed by atoms with van der Waals surface area (Å²) in [4.78, 5) is 6.76. The van der Waals surface area contributed by atoms with Crippen LogP contribution in [0.25, 0.3) is 0 Å². The maximum atomic E-state index is 5.93. The topological polar surface area (TPSA) is 60.6 Å². The lowest BCUT2D eigenvalue weighted by Crippen LogP contribution is -2.28. The van der Waals surface area contributed by atoms with Crippen LogP contribution in [-0.2, 0) is 4.74 Å². The van der Waals surface area contributed by atoms with Crippen LogP contribution in [-0.4, -0.2) is 36.9 Å². The van der Waals surface area contributed by atoms with Crippen LogP contribution in [0.15, 0.2) is 12.1 Å². The Morgan fingerprint density at radius 3 is 2.79 bits per heavy atom. The molecular weight excluding hydrogens is 242 g/mol. The average Bonchev–Trinajstić information content (AvgIpc) is 2.59. The first-order valence-corrected chi connectivity index (χ1v) is 6.74. The van der Waals surface area contributed by atoms with E-state index in [9.17, 15) is 0 Å². The van der Waals surface area contributed by atoms with Gasteiger partial charge < -0.3 is 20.1 Å². The Kier molecular flexibility index (Phi) is 4.14. The number of hydrogen-bond acceptors (Lipinski definition) is 5. The Bertz CT molecular complexity index is 421. The van der Waals surface area contributed by atoms with E-state index < -0.39 is 0 Å². The molecule has 1 fully saturated rings. The number of ether oxygens (including phenoxy) is 2. The lowest BCUT2D eigenvalue weighted by molar-refractivity contribution is 0.125. The van der Waals surface area contributed by atoms with Crippen molar-refractivity contribution < 1.29 is 9.47 Å². The van der Waals surface area contributed by atoms with Crippen LogP contribution in [0.3, 0.4) is 0 Å². The van der Waals surface area contributed by atoms with E-state index in [1.165, 1.54) is 0 Å². The van der Waals surface area contributed by atoms with Gasteiger partial charge in [-0.15, -0.1) is 0 Å². The standard InChI is InChI=1S/C14H23N3O2/c1-14(2,3)19-13-11(15)5-6-12(16-13)17-7-4-9-18-10-8-17/h5-6H,4,7-10,15H2,1-3H3. The van der Waals surface area contributed by atoms with Gasteiger partial charge in [-0.25, -0.2) is 0 Å². The van der Waals surface area contributed by atoms with E-state index in [0.717, 1.165) is 38.5 Å². The molecule has 0 spiro atoms. The van der Waals surface area contributed by atoms with Gasteiger partial charge in [-0.2, -0.15) is 4.98 Å². The van der Waals surface area contributed by atoms with Gasteiger partial charge in [0.2, 0.25) is 5.88 Å². The van der Waals surface area contributed by atoms with Crippen LogP contribution in [0.5, 0.6) is 5.88 Å². The molecule has 5 heteroatoms. The fourth-order valence-corrected chi connectivity index (χ4v) is 1.96. The molecule has 1 aliphatic heterocycles. The van der Waals surface area contributed by atoms with Crippen molar-refractivity contribution in [1.82, 2.24) is 4.98 Å². The number of nitrogens with two attached hydrogens (primary N) is 1. The van der Waals surface area contributed by atoms with E-state index in [1.54, 1.807) is 0 Å². The molecule has 0 unspecified atom stereocenters. The number of hydrogen-bond donors (Lipinski definition) is 1. The highest BCUT2D eigenvalue weighted by atomic mass is 16.5. The zero-order chi connectivity index (χ0) is 13.9. The molecule has 0 radical (unpaired) electrons. The largest absolute Gasteiger partial charge is 0.470 e. The van der Waals surface area contributed by atoms with Crippen molar-refractivity contribution in [3.63, 3.8) is 0 Å². The molecule has 1 aromatic heterocycles. The number of anilines is 2. The fraction of sp³-hybridized carbons (Fsp3) is 0.643. The van der Waals surface area contributed by atoms with Crippen LogP contribution in [0.1, 0.15) is 27.2 Å². The predicted molar refractivity (Wildman–Crippen MR) is 76.7 cm³/mol. The van der Waals surface area contributed by atoms with Gasteiger partial charge in [0.1, 0.15) is 11.4 Å². The summed E-state index contributed by atoms with van der Waals surface area (Å²) in [6.45, 7) is 9.32. The number of pyridine rings is 1. The van der Waals surface area contributed by atoms with Gasteiger partial charge in [0.25, 0.3) is 0 Å². The number of nitrogens with zero attached hydrogens (tertiary/aromatic N) is 2. The Balaban J connectivity index is 2.19. The first-order valence-electron chi connectivity index (χ1n) is 6.74. The van der Waals surface area contributed by atoms with Crippen molar-refractivity contribution in [1.29, 1.82) is 0 Å². The second kappa shape index (κ2) is 5.65. The minimum Gasteiger partial charge on any atom is -0.470 e. The van der Waals surface area contributed by atoms with Crippen molar-refractivity contribution in [2.45, 2.75) is 32.8 Å². The lowest BCUT2D eigenvalue weighted by atomic mass is 10.2. The van der Waals surface area contributed by atoms with Crippen LogP contribution >= 0.6 is 0 Å². The molecule has 0 amide bonds. The van der Waals surface area contributed by atoms with E-state index in [-0.39, 0.29) is 5.60 Å². The highest BCUT2D eigenvalue weighted by Gasteiger charge is 2.18. The van der Waals surface area contributed by atoms with Crippen molar-refractivity contribution in [3.05, 3.63) is 12.1 Å². The maximum absolute atomic E-state index is 5.93. The van der Waals surface area contributed by atoms with E-state index in [0.29, 0.717) is 11.6 Å². The third kappa shape index (κ3) is 3.99. The van der Waals surface area contributed by atoms with Crippen LogP contribution < -0.4 is 15.4 Å². The summed E-state index contributed by atoms with van der Waals surface area (Å²) in [5.74, 6) is 1.41. The minimum absolute atomic E-state index is 0.304. The SMILES string of the molecule is CC(C)(C)Oc1nc(N2CCCOCC2)ccc1N. The molecule has 0 aromatic carbocycles. The monoisotopic (exact) mass is 265 g/mol. The van der Waals surface area contributed by atoms with Gasteiger partial charge in [-0.05, 0) is 39.3 Å². The third-order valence-electron chi connectivity index (χ3n) is 2.82. The van der Waals surface area contributed by atoms with E-state index >= 15 is 0 Å². The Morgan fingerprint density at radius 1 is 1.26 bits per heavy atom. The molecule has 1 saturated heterocycles. The second-order valence-electron chi connectivity index (χ2n) is 5.73. The molecular formula is C14H23N3O2. The van der Waals surface area contributed by atoms with Gasteiger partial charge in [0.15, 0.2) is 0 Å². The van der Waals surface area contributed by atoms with Gasteiger partial charge >= 0.3 is 0 Å². The van der Waals surface area contributed by atoms with Gasteiger partial charge in [-0.1, -0.05) is 0 Å². The Hall–Kier alpha value is -1.49. The molecule has 2 N–H and O–H groups in total. The molecule has 0 bridgehead atoms. The van der Waals surface area contributed by atoms with Crippen LogP contribution in [0.2, 0.25) is 0 Å². The van der Waals surface area contributed by atoms with Crippen molar-refractivity contribution >= 4 is 11.5 Å². The summed E-state index contributed by atoms with van der Waals surface area (Å²) in [6, 6.07) is 3.80. The highest BCUT2D eigenvalue weighted by Crippen LogP contribution is 2.26. The van der Waals surface area contributed by atoms with Crippen molar-refractivity contribution in [3.8, 4) is 5.88 Å². The smallest absolute Gasteiger partial charge is 0.239 e. The Labute approximate surface area is 114 Å². The summed E-state index contributed by atoms with van der Waals surface area (Å²) in [6.07, 6.45) is 1.02. The predicted octanol–water partition coefficient (Wildman–Crippen LogP) is 2.07. The fourth-order valence-electron chi connectivity index (χ4n) is 1.96. The van der Waals surface area contributed by atoms with E-state index in [1.807, 2.05) is 32.9 Å². The first-order chi connectivity index (χ1) is 8.96. The molecule has 5 nitrogen and oxygen atoms in total. The number of rotatable bonds is 2. The molecule has 1 aromatic rings. The molecule has 0 atom stereocenters. The number of aromatic nitrogens is 1. The third-order valence-corrected chi connectivity index (χ3v) is 2.82. The van der Waals surface area contributed by atoms with E-state index in [4.69, 9.17) is 15.2 Å². The molecule has 19 heavy (non-hydrogen) atoms. The van der Waals surface area contributed by atoms with Gasteiger partial charge in [-0.3, -0.25) is 0 Å². The van der Waals surface area contributed by atoms with Crippen molar-refractivity contribution in [2.75, 3.05) is 36.9 Å². The average molecular weight is 265 g/mol. The molecule has 0 aliphatic carbocycles. The Morgan fingerprint density at radius 2 is 2.05 bits per heavy atom. The zero-order valence-electron chi connectivity index (χ0n) is 12.0. The summed E-state index contributed by atoms with van der Waals surface area (Å²) in [7, 11) is 0. The van der Waals surface area contributed by atoms with Gasteiger partial charge in [0, 0.05) is 19.7 Å². The van der Waals surface area contributed by atoms with Crippen molar-refractivity contribution in [2.24, 2.45) is 0 Å². The highest BCUT2D eigenvalue weighted by molar-refractivity contribution is 5.54. The van der Waals surface area contributed by atoms with E-state index in [2.05, 4.69) is 9.88 Å². The van der Waals surface area contributed by atoms with Crippen LogP contribution in [0, 0.1) is 0 Å². The molecule has 0 saturated carbocycles. The first kappa shape index (κ1) is 13.9. The quantitative estimate of drug-likeness (QED) is 0.887. The molecule has 1 aliphatic rings. The number of nitrogen functional groups attached to an aromatic ring is 1. The molecule has 2 heterocycles. The molecule has 106 valence electrons. The summed E-state index contributed by atoms with van der Waals surface area (Å²) in [5, 5.41) is 0. The lowest BCUT2D eigenvalue weighted by Gasteiger charge is -2.25. The summed E-state index contributed by atoms with van der Waals surface area (Å²) >= 11 is 0. The van der Waals surface area contributed by atoms with Gasteiger partial charge in [0.05, 0.1) is 12.3 Å². The normalized spacial score (nSPS) is 17.1. The van der Waals surface area contributed by atoms with Crippen LogP contribution in [0.4, 0.5) is 11.5 Å². The summed E-state index contributed by atoms with van der Waals surface area (Å²) in [5.41, 5.74) is 6.20. The molecule has 2 rings (SSSR count). The second-order valence-corrected chi connectivity index (χ2v) is 5.73. The zero-order valence-corrected chi connectivity index (χ0v) is 12.0. The maximum Gasteiger partial charge on any atom is 0.239 e. The summed E-state index contributed by atoms with van der Waals surface area (Å²) < 4.78 is 11.3. The minimum atomic E-state index is -0.304.